The van der Waals surface area contributed by atoms with E-state index in [9.17, 15) is 4.79 Å². The van der Waals surface area contributed by atoms with E-state index in [-0.39, 0.29) is 5.91 Å². The molecule has 1 heterocycles. The summed E-state index contributed by atoms with van der Waals surface area (Å²) in [6, 6.07) is 12.1. The maximum absolute atomic E-state index is 12.3. The van der Waals surface area contributed by atoms with Gasteiger partial charge in [-0.3, -0.25) is 9.78 Å². The van der Waals surface area contributed by atoms with Gasteiger partial charge >= 0.3 is 0 Å². The van der Waals surface area contributed by atoms with Crippen LogP contribution in [0, 0.1) is 0 Å². The Morgan fingerprint density at radius 1 is 1.17 bits per heavy atom. The topological polar surface area (TPSA) is 45.2 Å². The van der Waals surface area contributed by atoms with Gasteiger partial charge in [0.25, 0.3) is 0 Å². The summed E-state index contributed by atoms with van der Waals surface area (Å²) in [4.78, 5) is 18.0. The molecule has 0 spiro atoms. The smallest absolute Gasteiger partial charge is 0.241 e. The molecule has 0 bridgehead atoms. The Labute approximate surface area is 138 Å². The summed E-state index contributed by atoms with van der Waals surface area (Å²) in [5, 5.41) is 3.27. The van der Waals surface area contributed by atoms with Crippen LogP contribution in [0.25, 0.3) is 0 Å². The number of carbonyl (C=O) groups excluding carboxylic acids is 1. The highest BCUT2D eigenvalue weighted by atomic mass is 16.2. The van der Waals surface area contributed by atoms with Crippen LogP contribution in [0.2, 0.25) is 0 Å². The van der Waals surface area contributed by atoms with Gasteiger partial charge in [-0.25, -0.2) is 0 Å². The molecule has 0 saturated carbocycles. The summed E-state index contributed by atoms with van der Waals surface area (Å²) in [5.41, 5.74) is 3.47. The van der Waals surface area contributed by atoms with Crippen LogP contribution in [0.3, 0.4) is 0 Å². The molecule has 1 aromatic heterocycles. The first-order valence-corrected chi connectivity index (χ1v) is 8.03. The number of aromatic nitrogens is 1. The normalized spacial score (nSPS) is 10.6. The van der Waals surface area contributed by atoms with Crippen LogP contribution in [0.5, 0.6) is 0 Å². The minimum atomic E-state index is 0.0950. The molecule has 0 aliphatic heterocycles. The molecule has 1 amide bonds. The zero-order chi connectivity index (χ0) is 16.7. The fraction of sp³-hybridized carbons (Fsp3) is 0.368. The van der Waals surface area contributed by atoms with Crippen molar-refractivity contribution in [1.29, 1.82) is 0 Å². The Hall–Kier alpha value is -2.36. The van der Waals surface area contributed by atoms with Gasteiger partial charge in [-0.15, -0.1) is 0 Å². The number of anilines is 1. The quantitative estimate of drug-likeness (QED) is 0.853. The standard InChI is InChI=1S/C19H25N3O/c1-15(2)17-6-4-5-7-18(17)21-14-19(23)22(3)13-10-16-8-11-20-12-9-16/h4-9,11-12,15,21H,10,13-14H2,1-3H3. The molecule has 0 aliphatic carbocycles. The van der Waals surface area contributed by atoms with E-state index < -0.39 is 0 Å². The Balaban J connectivity index is 1.85. The van der Waals surface area contributed by atoms with Crippen molar-refractivity contribution < 1.29 is 4.79 Å². The van der Waals surface area contributed by atoms with Gasteiger partial charge in [-0.1, -0.05) is 32.0 Å². The third-order valence-electron chi connectivity index (χ3n) is 3.92. The average Bonchev–Trinajstić information content (AvgIpc) is 2.58. The van der Waals surface area contributed by atoms with Crippen LogP contribution < -0.4 is 5.32 Å². The molecule has 4 heteroatoms. The second kappa shape index (κ2) is 8.32. The summed E-state index contributed by atoms with van der Waals surface area (Å²) in [6.45, 7) is 5.33. The summed E-state index contributed by atoms with van der Waals surface area (Å²) in [5.74, 6) is 0.524. The number of amides is 1. The number of hydrogen-bond donors (Lipinski definition) is 1. The molecular formula is C19H25N3O. The van der Waals surface area contributed by atoms with Gasteiger partial charge in [-0.2, -0.15) is 0 Å². The number of hydrogen-bond acceptors (Lipinski definition) is 3. The number of carbonyl (C=O) groups is 1. The van der Waals surface area contributed by atoms with Crippen LogP contribution >= 0.6 is 0 Å². The summed E-state index contributed by atoms with van der Waals surface area (Å²) in [6.07, 6.45) is 4.40. The molecule has 1 N–H and O–H groups in total. The number of benzene rings is 1. The molecule has 0 atom stereocenters. The lowest BCUT2D eigenvalue weighted by molar-refractivity contribution is -0.127. The Morgan fingerprint density at radius 2 is 1.87 bits per heavy atom. The maximum Gasteiger partial charge on any atom is 0.241 e. The minimum Gasteiger partial charge on any atom is -0.376 e. The lowest BCUT2D eigenvalue weighted by Gasteiger charge is -2.19. The van der Waals surface area contributed by atoms with Crippen molar-refractivity contribution in [3.05, 3.63) is 59.9 Å². The third kappa shape index (κ3) is 5.09. The first-order chi connectivity index (χ1) is 11.1. The molecule has 0 saturated heterocycles. The van der Waals surface area contributed by atoms with E-state index in [0.29, 0.717) is 19.0 Å². The molecule has 1 aromatic carbocycles. The molecule has 2 aromatic rings. The van der Waals surface area contributed by atoms with E-state index in [0.717, 1.165) is 12.1 Å². The monoisotopic (exact) mass is 311 g/mol. The van der Waals surface area contributed by atoms with Crippen molar-refractivity contribution in [2.45, 2.75) is 26.2 Å². The third-order valence-corrected chi connectivity index (χ3v) is 3.92. The summed E-state index contributed by atoms with van der Waals surface area (Å²) in [7, 11) is 1.85. The summed E-state index contributed by atoms with van der Waals surface area (Å²) >= 11 is 0. The lowest BCUT2D eigenvalue weighted by Crippen LogP contribution is -2.33. The molecule has 0 radical (unpaired) electrons. The van der Waals surface area contributed by atoms with Crippen LogP contribution in [0.15, 0.2) is 48.8 Å². The second-order valence-electron chi connectivity index (χ2n) is 6.02. The SMILES string of the molecule is CC(C)c1ccccc1NCC(=O)N(C)CCc1ccncc1. The van der Waals surface area contributed by atoms with Crippen LogP contribution in [0.1, 0.15) is 30.9 Å². The molecular weight excluding hydrogens is 286 g/mol. The number of nitrogens with zero attached hydrogens (tertiary/aromatic N) is 2. The van der Waals surface area contributed by atoms with E-state index in [1.54, 1.807) is 17.3 Å². The highest BCUT2D eigenvalue weighted by molar-refractivity contribution is 5.81. The van der Waals surface area contributed by atoms with E-state index in [1.807, 2.05) is 37.4 Å². The van der Waals surface area contributed by atoms with Gasteiger partial charge in [0.05, 0.1) is 6.54 Å². The number of pyridine rings is 1. The van der Waals surface area contributed by atoms with Gasteiger partial charge in [0.1, 0.15) is 0 Å². The Morgan fingerprint density at radius 3 is 2.57 bits per heavy atom. The molecule has 0 fully saturated rings. The van der Waals surface area contributed by atoms with Gasteiger partial charge in [0, 0.05) is 31.7 Å². The van der Waals surface area contributed by atoms with Gasteiger partial charge in [0.15, 0.2) is 0 Å². The molecule has 0 aliphatic rings. The van der Waals surface area contributed by atoms with Gasteiger partial charge in [-0.05, 0) is 41.7 Å². The molecule has 23 heavy (non-hydrogen) atoms. The predicted molar refractivity (Wildman–Crippen MR) is 94.6 cm³/mol. The van der Waals surface area contributed by atoms with Crippen molar-refractivity contribution in [3.8, 4) is 0 Å². The average molecular weight is 311 g/mol. The number of para-hydroxylation sites is 1. The lowest BCUT2D eigenvalue weighted by atomic mass is 10.0. The molecule has 0 unspecified atom stereocenters. The van der Waals surface area contributed by atoms with E-state index in [4.69, 9.17) is 0 Å². The Bertz CT molecular complexity index is 626. The minimum absolute atomic E-state index is 0.0950. The van der Waals surface area contributed by atoms with Crippen molar-refractivity contribution in [3.63, 3.8) is 0 Å². The predicted octanol–water partition coefficient (Wildman–Crippen LogP) is 3.32. The van der Waals surface area contributed by atoms with Crippen LogP contribution in [-0.2, 0) is 11.2 Å². The number of rotatable bonds is 7. The van der Waals surface area contributed by atoms with Gasteiger partial charge in [0.2, 0.25) is 5.91 Å². The van der Waals surface area contributed by atoms with Crippen molar-refractivity contribution in [2.75, 3.05) is 25.5 Å². The number of nitrogens with one attached hydrogen (secondary N) is 1. The number of likely N-dealkylation sites (N-methyl/N-ethyl adjacent to an activating group) is 1. The molecule has 2 rings (SSSR count). The second-order valence-corrected chi connectivity index (χ2v) is 6.02. The highest BCUT2D eigenvalue weighted by Crippen LogP contribution is 2.23. The summed E-state index contributed by atoms with van der Waals surface area (Å²) < 4.78 is 0. The zero-order valence-electron chi connectivity index (χ0n) is 14.1. The fourth-order valence-corrected chi connectivity index (χ4v) is 2.44. The van der Waals surface area contributed by atoms with E-state index in [1.165, 1.54) is 11.1 Å². The highest BCUT2D eigenvalue weighted by Gasteiger charge is 2.10. The van der Waals surface area contributed by atoms with E-state index in [2.05, 4.69) is 30.2 Å². The van der Waals surface area contributed by atoms with Crippen molar-refractivity contribution in [2.24, 2.45) is 0 Å². The fourth-order valence-electron chi connectivity index (χ4n) is 2.44. The van der Waals surface area contributed by atoms with Crippen molar-refractivity contribution >= 4 is 11.6 Å². The van der Waals surface area contributed by atoms with Crippen LogP contribution in [-0.4, -0.2) is 35.9 Å². The first-order valence-electron chi connectivity index (χ1n) is 8.03. The largest absolute Gasteiger partial charge is 0.376 e. The van der Waals surface area contributed by atoms with Crippen molar-refractivity contribution in [1.82, 2.24) is 9.88 Å². The van der Waals surface area contributed by atoms with E-state index >= 15 is 0 Å². The molecule has 4 nitrogen and oxygen atoms in total. The van der Waals surface area contributed by atoms with Gasteiger partial charge < -0.3 is 10.2 Å². The first kappa shape index (κ1) is 17.0. The Kier molecular flexibility index (Phi) is 6.15. The van der Waals surface area contributed by atoms with Crippen LogP contribution in [0.4, 0.5) is 5.69 Å². The zero-order valence-corrected chi connectivity index (χ0v) is 14.1. The molecule has 122 valence electrons. The maximum atomic E-state index is 12.3.